The lowest BCUT2D eigenvalue weighted by Gasteiger charge is -2.32. The Morgan fingerprint density at radius 1 is 1.36 bits per heavy atom. The summed E-state index contributed by atoms with van der Waals surface area (Å²) in [7, 11) is -1.53. The van der Waals surface area contributed by atoms with Crippen LogP contribution in [0.3, 0.4) is 0 Å². The van der Waals surface area contributed by atoms with E-state index in [2.05, 4.69) is 25.7 Å². The van der Waals surface area contributed by atoms with Crippen LogP contribution >= 0.6 is 0 Å². The third-order valence-corrected chi connectivity index (χ3v) is 2.90. The summed E-state index contributed by atoms with van der Waals surface area (Å²) in [6.07, 6.45) is 3.28. The van der Waals surface area contributed by atoms with Gasteiger partial charge in [0.2, 0.25) is 0 Å². The van der Waals surface area contributed by atoms with Crippen LogP contribution < -0.4 is 0 Å². The van der Waals surface area contributed by atoms with Crippen molar-refractivity contribution in [2.24, 2.45) is 0 Å². The topological polar surface area (TPSA) is 42.2 Å². The molecule has 0 bridgehead atoms. The van der Waals surface area contributed by atoms with Gasteiger partial charge in [-0.1, -0.05) is 6.08 Å². The Morgan fingerprint density at radius 3 is 2.43 bits per heavy atom. The molecule has 4 heteroatoms. The third kappa shape index (κ3) is 3.26. The lowest BCUT2D eigenvalue weighted by atomic mass is 10.1. The molecule has 0 amide bonds. The smallest absolute Gasteiger partial charge is 0.184 e. The van der Waals surface area contributed by atoms with E-state index in [4.69, 9.17) is 14.4 Å². The van der Waals surface area contributed by atoms with Gasteiger partial charge in [0.15, 0.2) is 14.4 Å². The van der Waals surface area contributed by atoms with Crippen LogP contribution in [-0.2, 0) is 9.16 Å². The largest absolute Gasteiger partial charge is 0.409 e. The molecular weight excluding hydrogens is 194 g/mol. The van der Waals surface area contributed by atoms with Crippen LogP contribution in [0, 0.1) is 11.3 Å². The van der Waals surface area contributed by atoms with Gasteiger partial charge in [0.1, 0.15) is 0 Å². The molecule has 0 unspecified atom stereocenters. The van der Waals surface area contributed by atoms with E-state index in [0.29, 0.717) is 0 Å². The maximum absolute atomic E-state index is 8.67. The predicted octanol–water partition coefficient (Wildman–Crippen LogP) is 2.07. The van der Waals surface area contributed by atoms with Gasteiger partial charge in [-0.2, -0.15) is 5.26 Å². The number of hydrogen-bond acceptors (Lipinski definition) is 3. The fourth-order valence-electron chi connectivity index (χ4n) is 1.34. The number of rotatable bonds is 2. The Hall–Kier alpha value is -0.633. The number of nitriles is 1. The van der Waals surface area contributed by atoms with Crippen molar-refractivity contribution in [1.82, 2.24) is 0 Å². The van der Waals surface area contributed by atoms with Crippen LogP contribution in [0.15, 0.2) is 12.2 Å². The van der Waals surface area contributed by atoms with E-state index >= 15 is 0 Å². The summed E-state index contributed by atoms with van der Waals surface area (Å²) in [5, 5.41) is 8.67. The van der Waals surface area contributed by atoms with Gasteiger partial charge in [-0.25, -0.2) is 0 Å². The van der Waals surface area contributed by atoms with Crippen molar-refractivity contribution in [2.45, 2.75) is 44.9 Å². The first-order chi connectivity index (χ1) is 6.42. The van der Waals surface area contributed by atoms with Crippen molar-refractivity contribution in [3.63, 3.8) is 0 Å². The minimum absolute atomic E-state index is 0.00580. The van der Waals surface area contributed by atoms with Gasteiger partial charge in [-0.05, 0) is 32.6 Å². The number of nitrogens with zero attached hydrogens (tertiary/aromatic N) is 1. The Balaban J connectivity index is 2.61. The highest BCUT2D eigenvalue weighted by molar-refractivity contribution is 6.69. The second-order valence-electron chi connectivity index (χ2n) is 4.47. The molecule has 0 aliphatic carbocycles. The van der Waals surface area contributed by atoms with Crippen molar-refractivity contribution in [3.8, 4) is 6.07 Å². The maximum atomic E-state index is 8.67. The molecule has 3 nitrogen and oxygen atoms in total. The lowest BCUT2D eigenvalue weighted by molar-refractivity contribution is -0.0199. The van der Waals surface area contributed by atoms with Crippen LogP contribution in [0.4, 0.5) is 0 Å². The fourth-order valence-corrected chi connectivity index (χ4v) is 2.42. The normalized spacial score (nSPS) is 32.6. The molecule has 14 heavy (non-hydrogen) atoms. The molecule has 0 saturated heterocycles. The Morgan fingerprint density at radius 2 is 2.00 bits per heavy atom. The highest BCUT2D eigenvalue weighted by Gasteiger charge is 2.28. The molecule has 0 spiro atoms. The van der Waals surface area contributed by atoms with Crippen LogP contribution in [0.25, 0.3) is 0 Å². The van der Waals surface area contributed by atoms with E-state index in [1.165, 1.54) is 0 Å². The van der Waals surface area contributed by atoms with Crippen molar-refractivity contribution in [2.75, 3.05) is 0 Å². The molecular formula is C10H17NO2Si. The average Bonchev–Trinajstić information content (AvgIpc) is 2.06. The van der Waals surface area contributed by atoms with E-state index in [9.17, 15) is 0 Å². The predicted molar refractivity (Wildman–Crippen MR) is 57.3 cm³/mol. The summed E-state index contributed by atoms with van der Waals surface area (Å²) in [4.78, 5) is 0. The van der Waals surface area contributed by atoms with Crippen molar-refractivity contribution in [3.05, 3.63) is 12.2 Å². The fraction of sp³-hybridized carbons (Fsp3) is 0.700. The zero-order valence-electron chi connectivity index (χ0n) is 9.15. The SMILES string of the molecule is C[C@H]1O[C@@H](C#N)C=C[C@H]1O[Si](C)(C)C. The first-order valence-corrected chi connectivity index (χ1v) is 8.24. The molecule has 0 saturated carbocycles. The van der Waals surface area contributed by atoms with Crippen molar-refractivity contribution >= 4 is 8.32 Å². The van der Waals surface area contributed by atoms with E-state index in [-0.39, 0.29) is 12.2 Å². The second kappa shape index (κ2) is 4.26. The summed E-state index contributed by atoms with van der Waals surface area (Å²) < 4.78 is 11.3. The standard InChI is InChI=1S/C10H17NO2Si/c1-8-10(13-14(2,3)4)6-5-9(7-11)12-8/h5-6,8-10H,1-4H3/t8-,9-,10-/m1/s1. The van der Waals surface area contributed by atoms with Crippen molar-refractivity contribution < 1.29 is 9.16 Å². The highest BCUT2D eigenvalue weighted by atomic mass is 28.4. The van der Waals surface area contributed by atoms with Gasteiger partial charge < -0.3 is 9.16 Å². The molecule has 0 aromatic carbocycles. The molecule has 0 aromatic heterocycles. The van der Waals surface area contributed by atoms with Crippen LogP contribution in [-0.4, -0.2) is 26.6 Å². The monoisotopic (exact) mass is 211 g/mol. The molecule has 0 N–H and O–H groups in total. The Kier molecular flexibility index (Phi) is 3.48. The molecule has 0 aromatic rings. The van der Waals surface area contributed by atoms with Gasteiger partial charge >= 0.3 is 0 Å². The highest BCUT2D eigenvalue weighted by Crippen LogP contribution is 2.19. The molecule has 0 fully saturated rings. The molecule has 1 aliphatic rings. The zero-order chi connectivity index (χ0) is 10.8. The van der Waals surface area contributed by atoms with Gasteiger partial charge in [0.05, 0.1) is 18.3 Å². The Labute approximate surface area is 86.5 Å². The minimum atomic E-state index is -1.53. The number of ether oxygens (including phenoxy) is 1. The Bertz CT molecular complexity index is 264. The van der Waals surface area contributed by atoms with Crippen LogP contribution in [0.5, 0.6) is 0 Å². The summed E-state index contributed by atoms with van der Waals surface area (Å²) in [5.74, 6) is 0. The van der Waals surface area contributed by atoms with Crippen LogP contribution in [0.2, 0.25) is 19.6 Å². The lowest BCUT2D eigenvalue weighted by Crippen LogP contribution is -2.41. The van der Waals surface area contributed by atoms with E-state index in [0.717, 1.165) is 0 Å². The average molecular weight is 211 g/mol. The summed E-state index contributed by atoms with van der Waals surface area (Å²) in [5.41, 5.74) is 0. The van der Waals surface area contributed by atoms with Gasteiger partial charge in [0, 0.05) is 0 Å². The first kappa shape index (κ1) is 11.4. The van der Waals surface area contributed by atoms with E-state index in [1.807, 2.05) is 13.0 Å². The third-order valence-electron chi connectivity index (χ3n) is 1.92. The van der Waals surface area contributed by atoms with E-state index in [1.54, 1.807) is 6.08 Å². The maximum Gasteiger partial charge on any atom is 0.184 e. The van der Waals surface area contributed by atoms with E-state index < -0.39 is 14.4 Å². The molecule has 3 atom stereocenters. The van der Waals surface area contributed by atoms with Gasteiger partial charge in [-0.3, -0.25) is 0 Å². The van der Waals surface area contributed by atoms with Gasteiger partial charge in [-0.15, -0.1) is 0 Å². The van der Waals surface area contributed by atoms with Crippen molar-refractivity contribution in [1.29, 1.82) is 5.26 Å². The minimum Gasteiger partial charge on any atom is -0.409 e. The molecule has 78 valence electrons. The summed E-state index contributed by atoms with van der Waals surface area (Å²) >= 11 is 0. The summed E-state index contributed by atoms with van der Waals surface area (Å²) in [6, 6.07) is 2.06. The van der Waals surface area contributed by atoms with Crippen LogP contribution in [0.1, 0.15) is 6.92 Å². The molecule has 1 rings (SSSR count). The molecule has 1 aliphatic heterocycles. The zero-order valence-corrected chi connectivity index (χ0v) is 10.2. The van der Waals surface area contributed by atoms with Gasteiger partial charge in [0.25, 0.3) is 0 Å². The summed E-state index contributed by atoms with van der Waals surface area (Å²) in [6.45, 7) is 8.37. The number of hydrogen-bond donors (Lipinski definition) is 0. The second-order valence-corrected chi connectivity index (χ2v) is 8.93. The molecule has 1 heterocycles. The quantitative estimate of drug-likeness (QED) is 0.519. The molecule has 0 radical (unpaired) electrons. The first-order valence-electron chi connectivity index (χ1n) is 4.83.